The third-order valence-corrected chi connectivity index (χ3v) is 5.77. The average Bonchev–Trinajstić information content (AvgIpc) is 3.12. The van der Waals surface area contributed by atoms with Crippen LogP contribution in [0.15, 0.2) is 24.4 Å². The molecule has 3 aliphatic heterocycles. The Hall–Kier alpha value is -3.44. The summed E-state index contributed by atoms with van der Waals surface area (Å²) >= 11 is 0. The highest BCUT2D eigenvalue weighted by atomic mass is 19.1. The van der Waals surface area contributed by atoms with Gasteiger partial charge in [0.25, 0.3) is 11.8 Å². The first-order chi connectivity index (χ1) is 13.8. The fourth-order valence-electron chi connectivity index (χ4n) is 4.03. The van der Waals surface area contributed by atoms with E-state index in [0.717, 1.165) is 5.57 Å². The lowest BCUT2D eigenvalue weighted by Crippen LogP contribution is -2.37. The molecule has 4 heterocycles. The minimum atomic E-state index is -1.81. The summed E-state index contributed by atoms with van der Waals surface area (Å²) in [6, 6.07) is 2.98. The number of carbonyl (C=O) groups is 2. The number of likely N-dealkylation sites (N-methyl/N-ethyl adjacent to an activating group) is 1. The zero-order chi connectivity index (χ0) is 20.5. The molecule has 1 aliphatic carbocycles. The van der Waals surface area contributed by atoms with E-state index in [0.29, 0.717) is 29.9 Å². The fraction of sp³-hybridized carbons (Fsp3) is 0.286. The number of halogens is 1. The Kier molecular flexibility index (Phi) is 3.52. The van der Waals surface area contributed by atoms with E-state index in [9.17, 15) is 19.1 Å². The molecule has 0 spiro atoms. The van der Waals surface area contributed by atoms with Crippen LogP contribution in [0.2, 0.25) is 0 Å². The number of benzene rings is 1. The molecule has 1 fully saturated rings. The molecular weight excluding hydrogens is 375 g/mol. The maximum Gasteiger partial charge on any atom is 0.268 e. The molecule has 2 bridgehead atoms. The molecule has 1 aromatic heterocycles. The maximum atomic E-state index is 14.8. The van der Waals surface area contributed by atoms with Crippen molar-refractivity contribution in [2.75, 3.05) is 13.6 Å². The van der Waals surface area contributed by atoms with Crippen LogP contribution >= 0.6 is 0 Å². The summed E-state index contributed by atoms with van der Waals surface area (Å²) in [4.78, 5) is 29.4. The zero-order valence-corrected chi connectivity index (χ0v) is 15.6. The van der Waals surface area contributed by atoms with E-state index in [1.54, 1.807) is 19.3 Å². The van der Waals surface area contributed by atoms with Crippen molar-refractivity contribution in [1.29, 1.82) is 0 Å². The van der Waals surface area contributed by atoms with Gasteiger partial charge in [-0.3, -0.25) is 9.59 Å². The zero-order valence-electron chi connectivity index (χ0n) is 15.6. The van der Waals surface area contributed by atoms with Crippen molar-refractivity contribution < 1.29 is 19.1 Å². The average molecular weight is 392 g/mol. The fourth-order valence-corrected chi connectivity index (χ4v) is 4.03. The summed E-state index contributed by atoms with van der Waals surface area (Å²) < 4.78 is 16.6. The van der Waals surface area contributed by atoms with Crippen LogP contribution < -0.4 is 5.73 Å². The number of nitrogens with two attached hydrogens (primary N) is 1. The molecular formula is C21H17FN4O3. The smallest absolute Gasteiger partial charge is 0.268 e. The maximum absolute atomic E-state index is 14.8. The third kappa shape index (κ3) is 2.51. The summed E-state index contributed by atoms with van der Waals surface area (Å²) in [6.07, 6.45) is 4.49. The number of aromatic nitrogens is 2. The lowest BCUT2D eigenvalue weighted by molar-refractivity contribution is -0.137. The van der Waals surface area contributed by atoms with Crippen LogP contribution in [0.25, 0.3) is 17.0 Å². The number of carbonyl (C=O) groups excluding carboxylic acids is 2. The molecule has 0 saturated carbocycles. The molecule has 0 radical (unpaired) electrons. The number of hydrogen-bond acceptors (Lipinski definition) is 4. The first kappa shape index (κ1) is 17.6. The van der Waals surface area contributed by atoms with E-state index in [4.69, 9.17) is 5.73 Å². The molecule has 1 aromatic carbocycles. The Morgan fingerprint density at radius 2 is 2.17 bits per heavy atom. The van der Waals surface area contributed by atoms with Crippen molar-refractivity contribution >= 4 is 17.4 Å². The van der Waals surface area contributed by atoms with Crippen LogP contribution in [0.4, 0.5) is 4.39 Å². The topological polar surface area (TPSA) is 101 Å². The van der Waals surface area contributed by atoms with Gasteiger partial charge in [-0.05, 0) is 29.7 Å². The molecule has 7 nitrogen and oxygen atoms in total. The second-order valence-electron chi connectivity index (χ2n) is 7.65. The van der Waals surface area contributed by atoms with Crippen LogP contribution in [-0.2, 0) is 4.79 Å². The van der Waals surface area contributed by atoms with Crippen molar-refractivity contribution in [3.05, 3.63) is 47.0 Å². The van der Waals surface area contributed by atoms with Crippen LogP contribution in [0.3, 0.4) is 0 Å². The second-order valence-corrected chi connectivity index (χ2v) is 7.65. The standard InChI is InChI=1S/C21H17FN4O3/c1-25-5-4-21(29,20(25)28)3-2-11-8-15-14(9-16(11)22)12-6-13(7-12)26-10-17(18(23)27)24-19(15)26/h6,8-10,13,29H,4-5,7H2,1H3,(H2,23,27)/t13?,21-/m1/s1. The minimum Gasteiger partial charge on any atom is -0.369 e. The van der Waals surface area contributed by atoms with Crippen molar-refractivity contribution in [1.82, 2.24) is 14.5 Å². The Bertz CT molecular complexity index is 1200. The number of imidazole rings is 1. The second kappa shape index (κ2) is 5.78. The summed E-state index contributed by atoms with van der Waals surface area (Å²) in [7, 11) is 1.58. The molecule has 3 N–H and O–H groups in total. The normalized spacial score (nSPS) is 24.0. The largest absolute Gasteiger partial charge is 0.369 e. The number of rotatable bonds is 1. The van der Waals surface area contributed by atoms with Gasteiger partial charge in [0.05, 0.1) is 11.6 Å². The number of primary amides is 1. The van der Waals surface area contributed by atoms with Gasteiger partial charge in [-0.2, -0.15) is 0 Å². The highest BCUT2D eigenvalue weighted by Gasteiger charge is 2.42. The monoisotopic (exact) mass is 392 g/mol. The SMILES string of the molecule is CN1CC[C@](O)(C#Cc2cc3c(cc2F)C2=CC(C2)n2cc(C(N)=O)nc2-3)C1=O. The lowest BCUT2D eigenvalue weighted by Gasteiger charge is -2.24. The van der Waals surface area contributed by atoms with E-state index in [1.165, 1.54) is 11.0 Å². The summed E-state index contributed by atoms with van der Waals surface area (Å²) in [5.74, 6) is 4.02. The van der Waals surface area contributed by atoms with E-state index >= 15 is 0 Å². The number of nitrogens with zero attached hydrogens (tertiary/aromatic N) is 3. The van der Waals surface area contributed by atoms with Crippen LogP contribution in [0, 0.1) is 17.7 Å². The summed E-state index contributed by atoms with van der Waals surface area (Å²) in [5.41, 5.74) is 6.09. The predicted molar refractivity (Wildman–Crippen MR) is 102 cm³/mol. The first-order valence-electron chi connectivity index (χ1n) is 9.21. The molecule has 2 amide bonds. The molecule has 2 atom stereocenters. The molecule has 4 aliphatic rings. The quantitative estimate of drug-likeness (QED) is 0.709. The molecule has 6 rings (SSSR count). The van der Waals surface area contributed by atoms with Gasteiger partial charge in [0.2, 0.25) is 5.60 Å². The van der Waals surface area contributed by atoms with Gasteiger partial charge < -0.3 is 20.3 Å². The van der Waals surface area contributed by atoms with Gasteiger partial charge in [-0.15, -0.1) is 0 Å². The molecule has 1 unspecified atom stereocenters. The van der Waals surface area contributed by atoms with E-state index in [1.807, 2.05) is 10.6 Å². The van der Waals surface area contributed by atoms with Crippen molar-refractivity contribution in [3.63, 3.8) is 0 Å². The van der Waals surface area contributed by atoms with Crippen molar-refractivity contribution in [2.45, 2.75) is 24.5 Å². The Balaban J connectivity index is 1.63. The number of amides is 2. The highest BCUT2D eigenvalue weighted by molar-refractivity contribution is 5.93. The van der Waals surface area contributed by atoms with Crippen LogP contribution in [0.1, 0.15) is 40.5 Å². The number of allylic oxidation sites excluding steroid dienone is 2. The van der Waals surface area contributed by atoms with Gasteiger partial charge in [0.15, 0.2) is 0 Å². The Morgan fingerprint density at radius 3 is 2.83 bits per heavy atom. The Morgan fingerprint density at radius 1 is 1.41 bits per heavy atom. The predicted octanol–water partition coefficient (Wildman–Crippen LogP) is 1.07. The molecule has 146 valence electrons. The van der Waals surface area contributed by atoms with Crippen LogP contribution in [0.5, 0.6) is 0 Å². The van der Waals surface area contributed by atoms with Gasteiger partial charge in [0.1, 0.15) is 17.3 Å². The first-order valence-corrected chi connectivity index (χ1v) is 9.21. The molecule has 8 heteroatoms. The van der Waals surface area contributed by atoms with Crippen molar-refractivity contribution in [3.8, 4) is 23.2 Å². The molecule has 1 saturated heterocycles. The number of aliphatic hydroxyl groups is 1. The van der Waals surface area contributed by atoms with Crippen molar-refractivity contribution in [2.24, 2.45) is 5.73 Å². The van der Waals surface area contributed by atoms with Gasteiger partial charge in [0, 0.05) is 31.8 Å². The number of likely N-dealkylation sites (tertiary alicyclic amines) is 1. The molecule has 29 heavy (non-hydrogen) atoms. The lowest BCUT2D eigenvalue weighted by atomic mass is 9.86. The van der Waals surface area contributed by atoms with Gasteiger partial charge in [-0.25, -0.2) is 9.37 Å². The number of hydrogen-bond donors (Lipinski definition) is 2. The van der Waals surface area contributed by atoms with E-state index < -0.39 is 23.2 Å². The summed E-state index contributed by atoms with van der Waals surface area (Å²) in [5, 5.41) is 10.5. The highest BCUT2D eigenvalue weighted by Crippen LogP contribution is 2.47. The van der Waals surface area contributed by atoms with Gasteiger partial charge in [-0.1, -0.05) is 17.9 Å². The van der Waals surface area contributed by atoms with Crippen LogP contribution in [-0.4, -0.2) is 50.6 Å². The van der Waals surface area contributed by atoms with E-state index in [2.05, 4.69) is 16.8 Å². The Labute approximate surface area is 165 Å². The minimum absolute atomic E-state index is 0.0398. The van der Waals surface area contributed by atoms with Gasteiger partial charge >= 0.3 is 0 Å². The summed E-state index contributed by atoms with van der Waals surface area (Å²) in [6.45, 7) is 0.388. The third-order valence-electron chi connectivity index (χ3n) is 5.77. The van der Waals surface area contributed by atoms with E-state index in [-0.39, 0.29) is 23.7 Å². The molecule has 2 aromatic rings.